The van der Waals surface area contributed by atoms with Gasteiger partial charge in [-0.1, -0.05) is 59.7 Å². The van der Waals surface area contributed by atoms with Crippen LogP contribution < -0.4 is 21.6 Å². The minimum absolute atomic E-state index is 0.166. The van der Waals surface area contributed by atoms with Crippen molar-refractivity contribution < 1.29 is 57.5 Å². The van der Waals surface area contributed by atoms with Crippen LogP contribution in [0.4, 0.5) is 9.59 Å². The van der Waals surface area contributed by atoms with Gasteiger partial charge in [0, 0.05) is 0 Å². The largest absolute Gasteiger partial charge is 0.494 e. The molecule has 352 valence electrons. The minimum atomic E-state index is -1.11. The maximum Gasteiger partial charge on any atom is 0.494 e. The zero-order valence-electron chi connectivity index (χ0n) is 41.3. The molecule has 64 heavy (non-hydrogen) atoms. The molecular weight excluding hydrogens is 818 g/mol. The highest BCUT2D eigenvalue weighted by Crippen LogP contribution is 2.38. The number of hydrogen-bond donors (Lipinski definition) is 4. The van der Waals surface area contributed by atoms with Gasteiger partial charge in [0.15, 0.2) is 0 Å². The van der Waals surface area contributed by atoms with E-state index in [2.05, 4.69) is 10.6 Å². The molecule has 2 amide bonds. The Labute approximate surface area is 381 Å². The minimum Gasteiger partial charge on any atom is -0.480 e. The zero-order valence-corrected chi connectivity index (χ0v) is 41.3. The van der Waals surface area contributed by atoms with Gasteiger partial charge in [-0.05, 0) is 171 Å². The van der Waals surface area contributed by atoms with Gasteiger partial charge in [-0.25, -0.2) is 19.2 Å². The predicted molar refractivity (Wildman–Crippen MR) is 252 cm³/mol. The lowest BCUT2D eigenvalue weighted by atomic mass is 9.78. The number of allylic oxidation sites excluding steroid dienone is 2. The number of carbonyl (C=O) groups is 4. The van der Waals surface area contributed by atoms with E-state index in [0.717, 1.165) is 44.3 Å². The Kier molecular flexibility index (Phi) is 17.0. The molecule has 2 saturated heterocycles. The zero-order chi connectivity index (χ0) is 49.0. The van der Waals surface area contributed by atoms with Crippen LogP contribution in [0.25, 0.3) is 11.1 Å². The molecule has 2 aliphatic heterocycles. The Morgan fingerprint density at radius 3 is 1.00 bits per heavy atom. The fourth-order valence-corrected chi connectivity index (χ4v) is 6.45. The molecule has 0 saturated carbocycles. The summed E-state index contributed by atoms with van der Waals surface area (Å²) in [7, 11) is -0.872. The van der Waals surface area contributed by atoms with Gasteiger partial charge in [-0.15, -0.1) is 0 Å². The number of hydrogen-bond acceptors (Lipinski definition) is 10. The number of carbonyl (C=O) groups excluding carboxylic acids is 2. The molecule has 16 heteroatoms. The van der Waals surface area contributed by atoms with Crippen LogP contribution in [0.3, 0.4) is 0 Å². The third-order valence-corrected chi connectivity index (χ3v) is 12.0. The third-order valence-electron chi connectivity index (χ3n) is 12.0. The third kappa shape index (κ3) is 14.7. The Morgan fingerprint density at radius 2 is 0.781 bits per heavy atom. The molecule has 0 aromatic heterocycles. The summed E-state index contributed by atoms with van der Waals surface area (Å²) in [5.41, 5.74) is 4.35. The molecule has 0 aliphatic carbocycles. The van der Waals surface area contributed by atoms with Crippen molar-refractivity contribution in [2.45, 2.75) is 183 Å². The van der Waals surface area contributed by atoms with Gasteiger partial charge in [0.2, 0.25) is 0 Å². The lowest BCUT2D eigenvalue weighted by molar-refractivity contribution is -0.140. The lowest BCUT2D eigenvalue weighted by Crippen LogP contribution is -2.43. The maximum atomic E-state index is 12.0. The number of amides is 2. The van der Waals surface area contributed by atoms with Crippen LogP contribution >= 0.6 is 0 Å². The van der Waals surface area contributed by atoms with E-state index < -0.39 is 84.1 Å². The number of carboxylic acid groups (broad SMARTS) is 2. The van der Waals surface area contributed by atoms with Crippen LogP contribution in [0, 0.1) is 0 Å². The normalized spacial score (nSPS) is 19.2. The highest BCUT2D eigenvalue weighted by molar-refractivity contribution is 6.62. The molecule has 0 spiro atoms. The molecule has 2 aliphatic rings. The molecule has 4 N–H and O–H groups in total. The number of benzene rings is 2. The van der Waals surface area contributed by atoms with Crippen LogP contribution in [0.2, 0.25) is 0 Å². The van der Waals surface area contributed by atoms with E-state index in [0.29, 0.717) is 0 Å². The van der Waals surface area contributed by atoms with E-state index >= 15 is 0 Å². The van der Waals surface area contributed by atoms with Crippen molar-refractivity contribution in [1.29, 1.82) is 0 Å². The average Bonchev–Trinajstić information content (AvgIpc) is 3.51. The van der Waals surface area contributed by atoms with Crippen LogP contribution in [0.1, 0.15) is 149 Å². The number of nitrogens with one attached hydrogen (secondary N) is 2. The predicted octanol–water partition coefficient (Wildman–Crippen LogP) is 8.29. The quantitative estimate of drug-likeness (QED) is 0.150. The van der Waals surface area contributed by atoms with Crippen LogP contribution in [0.15, 0.2) is 59.7 Å². The summed E-state index contributed by atoms with van der Waals surface area (Å²) in [6.07, 6.45) is -1.16. The van der Waals surface area contributed by atoms with Gasteiger partial charge >= 0.3 is 38.4 Å². The van der Waals surface area contributed by atoms with Gasteiger partial charge in [-0.3, -0.25) is 0 Å². The molecule has 0 unspecified atom stereocenters. The number of alkyl carbamates (subject to hydrolysis) is 2. The second-order valence-corrected chi connectivity index (χ2v) is 20.7. The van der Waals surface area contributed by atoms with Gasteiger partial charge in [-0.2, -0.15) is 0 Å². The van der Waals surface area contributed by atoms with Crippen LogP contribution in [-0.2, 0) is 37.7 Å². The Balaban J connectivity index is 0.000000340. The lowest BCUT2D eigenvalue weighted by Gasteiger charge is -2.32. The summed E-state index contributed by atoms with van der Waals surface area (Å²) >= 11 is 0. The molecule has 2 aromatic carbocycles. The number of rotatable bonds is 12. The second kappa shape index (κ2) is 20.3. The summed E-state index contributed by atoms with van der Waals surface area (Å²) in [5, 5.41) is 24.0. The van der Waals surface area contributed by atoms with Gasteiger partial charge in [0.25, 0.3) is 0 Å². The molecule has 0 bridgehead atoms. The number of ether oxygens (including phenoxy) is 2. The SMILES string of the molecule is C/C(C[C@H](NC(=O)OC(C)(C)C)C(=O)O)=C(/C)c1ccc(B2OC(C)(C)C(C)(C)O2)cc1.C/C(C[C@H](NC(=O)OC(C)(C)C)C(=O)O)=C(\C)c1ccc(B2OC(C)(C)C(C)(C)O2)cc1. The molecule has 2 fully saturated rings. The first-order valence-corrected chi connectivity index (χ1v) is 21.7. The summed E-state index contributed by atoms with van der Waals surface area (Å²) in [5.74, 6) is -2.22. The molecule has 2 atom stereocenters. The Bertz CT molecular complexity index is 1880. The molecule has 2 heterocycles. The summed E-state index contributed by atoms with van der Waals surface area (Å²) in [6, 6.07) is 13.6. The Morgan fingerprint density at radius 1 is 0.531 bits per heavy atom. The maximum absolute atomic E-state index is 12.0. The Hall–Kier alpha value is -4.63. The van der Waals surface area contributed by atoms with Crippen molar-refractivity contribution in [1.82, 2.24) is 10.6 Å². The van der Waals surface area contributed by atoms with Crippen molar-refractivity contribution in [3.05, 3.63) is 70.8 Å². The smallest absolute Gasteiger partial charge is 0.480 e. The van der Waals surface area contributed by atoms with Crippen molar-refractivity contribution in [3.63, 3.8) is 0 Å². The first kappa shape index (κ1) is 53.7. The second-order valence-electron chi connectivity index (χ2n) is 20.7. The fraction of sp³-hybridized carbons (Fsp3) is 0.583. The van der Waals surface area contributed by atoms with Gasteiger partial charge in [0.1, 0.15) is 23.3 Å². The van der Waals surface area contributed by atoms with Crippen molar-refractivity contribution in [3.8, 4) is 0 Å². The van der Waals surface area contributed by atoms with Crippen LogP contribution in [0.5, 0.6) is 0 Å². The fourth-order valence-electron chi connectivity index (χ4n) is 6.45. The topological polar surface area (TPSA) is 188 Å². The van der Waals surface area contributed by atoms with Crippen molar-refractivity contribution in [2.24, 2.45) is 0 Å². The summed E-state index contributed by atoms with van der Waals surface area (Å²) in [4.78, 5) is 47.4. The van der Waals surface area contributed by atoms with Gasteiger partial charge in [0.05, 0.1) is 22.4 Å². The first-order chi connectivity index (χ1) is 29.0. The van der Waals surface area contributed by atoms with E-state index in [1.54, 1.807) is 41.5 Å². The molecular formula is C48H72B2N2O12. The summed E-state index contributed by atoms with van der Waals surface area (Å²) in [6.45, 7) is 34.1. The summed E-state index contributed by atoms with van der Waals surface area (Å²) < 4.78 is 34.8. The van der Waals surface area contributed by atoms with Crippen molar-refractivity contribution in [2.75, 3.05) is 0 Å². The first-order valence-electron chi connectivity index (χ1n) is 21.7. The molecule has 14 nitrogen and oxygen atoms in total. The monoisotopic (exact) mass is 891 g/mol. The van der Waals surface area contributed by atoms with E-state index in [-0.39, 0.29) is 12.8 Å². The van der Waals surface area contributed by atoms with E-state index in [1.807, 2.05) is 132 Å². The molecule has 4 rings (SSSR count). The van der Waals surface area contributed by atoms with E-state index in [1.165, 1.54) is 0 Å². The molecule has 2 aromatic rings. The highest BCUT2D eigenvalue weighted by Gasteiger charge is 2.52. The van der Waals surface area contributed by atoms with Gasteiger partial charge < -0.3 is 48.9 Å². The molecule has 0 radical (unpaired) electrons. The number of aliphatic carboxylic acids is 2. The van der Waals surface area contributed by atoms with Crippen LogP contribution in [-0.4, -0.2) is 94.3 Å². The van der Waals surface area contributed by atoms with E-state index in [9.17, 15) is 29.4 Å². The highest BCUT2D eigenvalue weighted by atomic mass is 16.7. The average molecular weight is 891 g/mol. The number of carboxylic acids is 2. The standard InChI is InChI=1S/2C24H36BNO6/c2*1-15(14-19(20(27)28)26-21(29)30-22(3,4)5)16(2)17-10-12-18(13-11-17)25-31-23(6,7)24(8,9)32-25/h2*10-13,19H,14H2,1-9H3,(H,26,29)(H,27,28)/b16-15+;16-15-/t2*19-/m00/s1. The van der Waals surface area contributed by atoms with Crippen molar-refractivity contribution >= 4 is 60.4 Å². The van der Waals surface area contributed by atoms with E-state index in [4.69, 9.17) is 28.1 Å².